The van der Waals surface area contributed by atoms with Crippen molar-refractivity contribution in [2.45, 2.75) is 90.1 Å². The van der Waals surface area contributed by atoms with Crippen LogP contribution in [0.3, 0.4) is 0 Å². The number of hydrogen-bond acceptors (Lipinski definition) is 2. The molecule has 120 valence electrons. The number of hydrogen-bond donors (Lipinski definition) is 1. The van der Waals surface area contributed by atoms with Crippen LogP contribution in [0.5, 0.6) is 0 Å². The van der Waals surface area contributed by atoms with Gasteiger partial charge in [0.2, 0.25) is 0 Å². The molecule has 1 saturated carbocycles. The van der Waals surface area contributed by atoms with E-state index in [0.717, 1.165) is 31.6 Å². The molecule has 0 bridgehead atoms. The Morgan fingerprint density at radius 1 is 1.38 bits per heavy atom. The lowest BCUT2D eigenvalue weighted by molar-refractivity contribution is 0.350. The molecule has 2 N–H and O–H groups in total. The highest BCUT2D eigenvalue weighted by Crippen LogP contribution is 2.33. The molecule has 2 rings (SSSR count). The zero-order chi connectivity index (χ0) is 15.3. The van der Waals surface area contributed by atoms with Crippen molar-refractivity contribution in [3.63, 3.8) is 0 Å². The Balaban J connectivity index is 1.96. The highest BCUT2D eigenvalue weighted by molar-refractivity contribution is 5.06. The van der Waals surface area contributed by atoms with E-state index in [2.05, 4.69) is 37.7 Å². The third-order valence-electron chi connectivity index (χ3n) is 5.27. The van der Waals surface area contributed by atoms with Crippen molar-refractivity contribution < 1.29 is 0 Å². The predicted molar refractivity (Wildman–Crippen MR) is 89.3 cm³/mol. The Kier molecular flexibility index (Phi) is 5.86. The fourth-order valence-corrected chi connectivity index (χ4v) is 3.64. The molecule has 3 unspecified atom stereocenters. The van der Waals surface area contributed by atoms with E-state index >= 15 is 0 Å². The van der Waals surface area contributed by atoms with Crippen LogP contribution in [0.2, 0.25) is 0 Å². The maximum atomic E-state index is 6.72. The Hall–Kier alpha value is -0.830. The van der Waals surface area contributed by atoms with Gasteiger partial charge in [0.15, 0.2) is 0 Å². The third kappa shape index (κ3) is 4.57. The summed E-state index contributed by atoms with van der Waals surface area (Å²) < 4.78 is 2.09. The first-order chi connectivity index (χ1) is 10.1. The van der Waals surface area contributed by atoms with Crippen LogP contribution in [-0.4, -0.2) is 15.3 Å². The monoisotopic (exact) mass is 291 g/mol. The van der Waals surface area contributed by atoms with Gasteiger partial charge >= 0.3 is 0 Å². The zero-order valence-corrected chi connectivity index (χ0v) is 14.1. The summed E-state index contributed by atoms with van der Waals surface area (Å²) in [6.07, 6.45) is 13.1. The van der Waals surface area contributed by atoms with Crippen molar-refractivity contribution >= 4 is 0 Å². The summed E-state index contributed by atoms with van der Waals surface area (Å²) in [5, 5.41) is 4.74. The van der Waals surface area contributed by atoms with Gasteiger partial charge in [0.25, 0.3) is 0 Å². The second-order valence-corrected chi connectivity index (χ2v) is 7.17. The van der Waals surface area contributed by atoms with Crippen LogP contribution in [0.25, 0.3) is 0 Å². The minimum Gasteiger partial charge on any atom is -0.325 e. The summed E-state index contributed by atoms with van der Waals surface area (Å²) in [4.78, 5) is 0. The summed E-state index contributed by atoms with van der Waals surface area (Å²) in [6, 6.07) is 2.64. The van der Waals surface area contributed by atoms with Gasteiger partial charge in [-0.2, -0.15) is 5.10 Å². The molecular weight excluding hydrogens is 258 g/mol. The van der Waals surface area contributed by atoms with Crippen molar-refractivity contribution in [3.8, 4) is 0 Å². The smallest absolute Gasteiger partial charge is 0.0643 e. The minimum atomic E-state index is -0.0306. The lowest BCUT2D eigenvalue weighted by atomic mass is 9.86. The molecule has 1 aromatic heterocycles. The average Bonchev–Trinajstić information content (AvgIpc) is 2.84. The van der Waals surface area contributed by atoms with Crippen LogP contribution in [0.15, 0.2) is 12.3 Å². The molecule has 0 aliphatic heterocycles. The predicted octanol–water partition coefficient (Wildman–Crippen LogP) is 4.47. The molecule has 1 heterocycles. The van der Waals surface area contributed by atoms with Crippen LogP contribution >= 0.6 is 0 Å². The third-order valence-corrected chi connectivity index (χ3v) is 5.27. The first kappa shape index (κ1) is 16.5. The van der Waals surface area contributed by atoms with Crippen molar-refractivity contribution in [1.82, 2.24) is 9.78 Å². The van der Waals surface area contributed by atoms with E-state index in [0.29, 0.717) is 6.04 Å². The van der Waals surface area contributed by atoms with E-state index in [1.165, 1.54) is 37.8 Å². The normalized spacial score (nSPS) is 28.3. The first-order valence-corrected chi connectivity index (χ1v) is 8.89. The summed E-state index contributed by atoms with van der Waals surface area (Å²) in [5.74, 6) is 0.901. The number of aromatic nitrogens is 2. The minimum absolute atomic E-state index is 0.0306. The van der Waals surface area contributed by atoms with Gasteiger partial charge in [-0.1, -0.05) is 39.5 Å². The maximum Gasteiger partial charge on any atom is 0.0643 e. The highest BCUT2D eigenvalue weighted by atomic mass is 15.3. The summed E-state index contributed by atoms with van der Waals surface area (Å²) in [7, 11) is 0. The number of nitrogens with two attached hydrogens (primary N) is 1. The van der Waals surface area contributed by atoms with Crippen LogP contribution in [0.1, 0.15) is 83.9 Å². The quantitative estimate of drug-likeness (QED) is 0.786. The van der Waals surface area contributed by atoms with Crippen molar-refractivity contribution in [1.29, 1.82) is 0 Å². The molecule has 0 saturated heterocycles. The van der Waals surface area contributed by atoms with Gasteiger partial charge in [0.05, 0.1) is 5.69 Å². The first-order valence-electron chi connectivity index (χ1n) is 8.89. The van der Waals surface area contributed by atoms with Crippen LogP contribution in [0.4, 0.5) is 0 Å². The van der Waals surface area contributed by atoms with E-state index < -0.39 is 0 Å². The van der Waals surface area contributed by atoms with Gasteiger partial charge in [-0.05, 0) is 44.6 Å². The summed E-state index contributed by atoms with van der Waals surface area (Å²) >= 11 is 0. The Labute approximate surface area is 130 Å². The molecule has 0 aromatic carbocycles. The molecule has 1 aliphatic carbocycles. The zero-order valence-electron chi connectivity index (χ0n) is 14.1. The Morgan fingerprint density at radius 3 is 2.90 bits per heavy atom. The largest absolute Gasteiger partial charge is 0.325 e. The van der Waals surface area contributed by atoms with Crippen LogP contribution in [-0.2, 0) is 6.42 Å². The molecule has 3 atom stereocenters. The summed E-state index contributed by atoms with van der Waals surface area (Å²) in [6.45, 7) is 6.72. The van der Waals surface area contributed by atoms with E-state index in [4.69, 9.17) is 10.8 Å². The summed E-state index contributed by atoms with van der Waals surface area (Å²) in [5.41, 5.74) is 7.86. The molecular formula is C18H33N3. The van der Waals surface area contributed by atoms with Crippen LogP contribution < -0.4 is 5.73 Å². The van der Waals surface area contributed by atoms with Crippen molar-refractivity contribution in [3.05, 3.63) is 18.0 Å². The van der Waals surface area contributed by atoms with E-state index in [-0.39, 0.29) is 5.54 Å². The fraction of sp³-hybridized carbons (Fsp3) is 0.833. The van der Waals surface area contributed by atoms with Crippen molar-refractivity contribution in [2.24, 2.45) is 11.7 Å². The van der Waals surface area contributed by atoms with Gasteiger partial charge in [-0.15, -0.1) is 0 Å². The van der Waals surface area contributed by atoms with E-state index in [1.807, 2.05) is 0 Å². The standard InChI is InChI=1S/C18H33N3/c1-4-7-16-8-6-11-18(19,12-9-16)14-17-10-13-21(20-17)15(3)5-2/h10,13,15-16H,4-9,11-12,14,19H2,1-3H3. The number of nitrogens with zero attached hydrogens (tertiary/aromatic N) is 2. The van der Waals surface area contributed by atoms with Crippen molar-refractivity contribution in [2.75, 3.05) is 0 Å². The molecule has 1 fully saturated rings. The number of rotatable bonds is 6. The molecule has 0 radical (unpaired) electrons. The molecule has 3 nitrogen and oxygen atoms in total. The molecule has 1 aliphatic rings. The van der Waals surface area contributed by atoms with Gasteiger partial charge in [0.1, 0.15) is 0 Å². The Bertz CT molecular complexity index is 426. The molecule has 0 amide bonds. The SMILES string of the molecule is CCCC1CCCC(N)(Cc2ccn(C(C)CC)n2)CC1. The van der Waals surface area contributed by atoms with Gasteiger partial charge in [-0.3, -0.25) is 4.68 Å². The second kappa shape index (κ2) is 7.44. The van der Waals surface area contributed by atoms with Gasteiger partial charge in [0, 0.05) is 24.2 Å². The average molecular weight is 291 g/mol. The molecule has 1 aromatic rings. The van der Waals surface area contributed by atoms with E-state index in [9.17, 15) is 0 Å². The molecule has 21 heavy (non-hydrogen) atoms. The topological polar surface area (TPSA) is 43.8 Å². The highest BCUT2D eigenvalue weighted by Gasteiger charge is 2.30. The molecule has 3 heteroatoms. The van der Waals surface area contributed by atoms with Gasteiger partial charge < -0.3 is 5.73 Å². The van der Waals surface area contributed by atoms with Crippen LogP contribution in [0, 0.1) is 5.92 Å². The second-order valence-electron chi connectivity index (χ2n) is 7.17. The lowest BCUT2D eigenvalue weighted by Gasteiger charge is -2.27. The van der Waals surface area contributed by atoms with E-state index in [1.54, 1.807) is 0 Å². The fourth-order valence-electron chi connectivity index (χ4n) is 3.64. The maximum absolute atomic E-state index is 6.72. The Morgan fingerprint density at radius 2 is 2.19 bits per heavy atom. The molecule has 0 spiro atoms. The lowest BCUT2D eigenvalue weighted by Crippen LogP contribution is -2.41. The van der Waals surface area contributed by atoms with Gasteiger partial charge in [-0.25, -0.2) is 0 Å².